The SMILES string of the molecule is O=C(COc1ccc(Cl)cc1Cl)OCC(F)(F)C(F)(F)C(F)(F)C(F)F. The summed E-state index contributed by atoms with van der Waals surface area (Å²) in [6, 6.07) is 3.67. The second-order valence-electron chi connectivity index (χ2n) is 4.73. The smallest absolute Gasteiger partial charge is 0.381 e. The molecular formula is C13H8Cl2F8O3. The Bertz CT molecular complexity index is 654. The molecule has 3 nitrogen and oxygen atoms in total. The largest absolute Gasteiger partial charge is 0.480 e. The summed E-state index contributed by atoms with van der Waals surface area (Å²) in [6.45, 7) is -3.67. The lowest BCUT2D eigenvalue weighted by Gasteiger charge is -2.31. The van der Waals surface area contributed by atoms with E-state index in [2.05, 4.69) is 4.74 Å². The zero-order chi connectivity index (χ0) is 20.3. The molecule has 13 heteroatoms. The number of benzene rings is 1. The lowest BCUT2D eigenvalue weighted by atomic mass is 10.1. The van der Waals surface area contributed by atoms with Crippen molar-refractivity contribution in [3.63, 3.8) is 0 Å². The van der Waals surface area contributed by atoms with Crippen LogP contribution in [-0.2, 0) is 9.53 Å². The Hall–Kier alpha value is -1.49. The average molecular weight is 435 g/mol. The van der Waals surface area contributed by atoms with E-state index in [0.717, 1.165) is 0 Å². The van der Waals surface area contributed by atoms with Crippen LogP contribution < -0.4 is 4.74 Å². The molecular weight excluding hydrogens is 427 g/mol. The quantitative estimate of drug-likeness (QED) is 0.422. The second kappa shape index (κ2) is 8.03. The highest BCUT2D eigenvalue weighted by Crippen LogP contribution is 2.48. The van der Waals surface area contributed by atoms with Gasteiger partial charge in [-0.05, 0) is 18.2 Å². The van der Waals surface area contributed by atoms with Crippen molar-refractivity contribution in [1.29, 1.82) is 0 Å². The van der Waals surface area contributed by atoms with Gasteiger partial charge in [-0.15, -0.1) is 0 Å². The van der Waals surface area contributed by atoms with Gasteiger partial charge in [0, 0.05) is 5.02 Å². The first-order valence-corrected chi connectivity index (χ1v) is 7.13. The Labute approximate surface area is 150 Å². The van der Waals surface area contributed by atoms with E-state index in [-0.39, 0.29) is 15.8 Å². The van der Waals surface area contributed by atoms with Crippen LogP contribution in [0.4, 0.5) is 35.1 Å². The molecule has 0 heterocycles. The number of rotatable bonds is 8. The number of hydrogen-bond acceptors (Lipinski definition) is 3. The van der Waals surface area contributed by atoms with E-state index in [1.807, 2.05) is 0 Å². The Morgan fingerprint density at radius 2 is 1.65 bits per heavy atom. The van der Waals surface area contributed by atoms with Gasteiger partial charge in [-0.3, -0.25) is 0 Å². The third-order valence-corrected chi connectivity index (χ3v) is 3.34. The molecule has 0 saturated carbocycles. The monoisotopic (exact) mass is 434 g/mol. The molecule has 0 aromatic heterocycles. The fraction of sp³-hybridized carbons (Fsp3) is 0.462. The van der Waals surface area contributed by atoms with Gasteiger partial charge in [-0.2, -0.15) is 26.3 Å². The summed E-state index contributed by atoms with van der Waals surface area (Å²) in [5.74, 6) is -20.4. The van der Waals surface area contributed by atoms with Crippen molar-refractivity contribution in [3.8, 4) is 5.75 Å². The molecule has 1 aromatic rings. The van der Waals surface area contributed by atoms with Crippen LogP contribution in [0.5, 0.6) is 5.75 Å². The van der Waals surface area contributed by atoms with Crippen LogP contribution in [0.2, 0.25) is 10.0 Å². The van der Waals surface area contributed by atoms with Crippen molar-refractivity contribution in [1.82, 2.24) is 0 Å². The van der Waals surface area contributed by atoms with Crippen molar-refractivity contribution in [2.24, 2.45) is 0 Å². The summed E-state index contributed by atoms with van der Waals surface area (Å²) in [7, 11) is 0. The lowest BCUT2D eigenvalue weighted by molar-refractivity contribution is -0.344. The summed E-state index contributed by atoms with van der Waals surface area (Å²) in [5.41, 5.74) is 0. The van der Waals surface area contributed by atoms with Crippen LogP contribution in [0.15, 0.2) is 18.2 Å². The van der Waals surface area contributed by atoms with Crippen LogP contribution in [0, 0.1) is 0 Å². The minimum absolute atomic E-state index is 0.0845. The van der Waals surface area contributed by atoms with Crippen molar-refractivity contribution in [2.45, 2.75) is 24.2 Å². The Balaban J connectivity index is 2.67. The summed E-state index contributed by atoms with van der Waals surface area (Å²) >= 11 is 11.2. The summed E-state index contributed by atoms with van der Waals surface area (Å²) in [6.07, 6.45) is -5.06. The standard InChI is InChI=1S/C13H8Cl2F8O3/c14-6-1-2-8(7(15)3-6)25-4-9(24)26-5-11(18,19)13(22,23)12(20,21)10(16)17/h1-3,10H,4-5H2. The van der Waals surface area contributed by atoms with Gasteiger partial charge in [0.05, 0.1) is 5.02 Å². The van der Waals surface area contributed by atoms with Gasteiger partial charge in [0.15, 0.2) is 13.2 Å². The number of esters is 1. The minimum Gasteiger partial charge on any atom is -0.480 e. The van der Waals surface area contributed by atoms with Gasteiger partial charge in [0.1, 0.15) is 5.75 Å². The minimum atomic E-state index is -6.46. The normalized spacial score (nSPS) is 13.0. The number of ether oxygens (including phenoxy) is 2. The molecule has 0 spiro atoms. The molecule has 0 atom stereocenters. The van der Waals surface area contributed by atoms with Crippen molar-refractivity contribution < 1.29 is 49.4 Å². The predicted octanol–water partition coefficient (Wildman–Crippen LogP) is 5.09. The van der Waals surface area contributed by atoms with Crippen LogP contribution in [0.1, 0.15) is 0 Å². The van der Waals surface area contributed by atoms with Crippen LogP contribution in [-0.4, -0.2) is 43.4 Å². The first kappa shape index (κ1) is 22.6. The molecule has 1 rings (SSSR count). The summed E-state index contributed by atoms with van der Waals surface area (Å²) < 4.78 is 110. The summed E-state index contributed by atoms with van der Waals surface area (Å²) in [5, 5.41) is 0.116. The Morgan fingerprint density at radius 3 is 2.15 bits per heavy atom. The molecule has 0 aliphatic heterocycles. The molecule has 0 saturated heterocycles. The Morgan fingerprint density at radius 1 is 1.08 bits per heavy atom. The molecule has 0 fully saturated rings. The Kier molecular flexibility index (Phi) is 6.97. The van der Waals surface area contributed by atoms with Gasteiger partial charge in [-0.1, -0.05) is 23.2 Å². The predicted molar refractivity (Wildman–Crippen MR) is 73.8 cm³/mol. The highest BCUT2D eigenvalue weighted by Gasteiger charge is 2.75. The first-order valence-electron chi connectivity index (χ1n) is 6.37. The molecule has 0 unspecified atom stereocenters. The van der Waals surface area contributed by atoms with Crippen LogP contribution in [0.25, 0.3) is 0 Å². The van der Waals surface area contributed by atoms with Gasteiger partial charge in [0.2, 0.25) is 0 Å². The van der Waals surface area contributed by atoms with E-state index >= 15 is 0 Å². The molecule has 0 aliphatic carbocycles. The third kappa shape index (κ3) is 4.81. The number of halogens is 10. The average Bonchev–Trinajstić information content (AvgIpc) is 2.51. The fourth-order valence-corrected chi connectivity index (χ4v) is 1.88. The van der Waals surface area contributed by atoms with Crippen LogP contribution in [0.3, 0.4) is 0 Å². The number of hydrogen-bond donors (Lipinski definition) is 0. The van der Waals surface area contributed by atoms with Gasteiger partial charge in [-0.25, -0.2) is 13.6 Å². The van der Waals surface area contributed by atoms with E-state index in [9.17, 15) is 39.9 Å². The zero-order valence-corrected chi connectivity index (χ0v) is 13.7. The van der Waals surface area contributed by atoms with Crippen LogP contribution >= 0.6 is 23.2 Å². The fourth-order valence-electron chi connectivity index (χ4n) is 1.41. The van der Waals surface area contributed by atoms with E-state index in [1.54, 1.807) is 0 Å². The number of carbonyl (C=O) groups excluding carboxylic acids is 1. The number of alkyl halides is 8. The first-order chi connectivity index (χ1) is 11.7. The molecule has 148 valence electrons. The highest BCUT2D eigenvalue weighted by atomic mass is 35.5. The van der Waals surface area contributed by atoms with Crippen molar-refractivity contribution in [3.05, 3.63) is 28.2 Å². The number of carbonyl (C=O) groups is 1. The van der Waals surface area contributed by atoms with Gasteiger partial charge in [0.25, 0.3) is 0 Å². The molecule has 0 radical (unpaired) electrons. The maximum atomic E-state index is 13.2. The second-order valence-corrected chi connectivity index (χ2v) is 5.57. The third-order valence-electron chi connectivity index (χ3n) is 2.81. The zero-order valence-electron chi connectivity index (χ0n) is 12.2. The maximum Gasteiger partial charge on any atom is 0.381 e. The van der Waals surface area contributed by atoms with Crippen molar-refractivity contribution >= 4 is 29.2 Å². The van der Waals surface area contributed by atoms with E-state index in [4.69, 9.17) is 27.9 Å². The summed E-state index contributed by atoms with van der Waals surface area (Å²) in [4.78, 5) is 11.2. The van der Waals surface area contributed by atoms with E-state index < -0.39 is 43.4 Å². The molecule has 0 N–H and O–H groups in total. The topological polar surface area (TPSA) is 35.5 Å². The van der Waals surface area contributed by atoms with Gasteiger partial charge < -0.3 is 9.47 Å². The van der Waals surface area contributed by atoms with Gasteiger partial charge >= 0.3 is 30.2 Å². The van der Waals surface area contributed by atoms with E-state index in [0.29, 0.717) is 0 Å². The maximum absolute atomic E-state index is 13.2. The highest BCUT2D eigenvalue weighted by molar-refractivity contribution is 6.35. The van der Waals surface area contributed by atoms with Crippen molar-refractivity contribution in [2.75, 3.05) is 13.2 Å². The molecule has 1 aromatic carbocycles. The lowest BCUT2D eigenvalue weighted by Crippen LogP contribution is -2.59. The molecule has 0 bridgehead atoms. The molecule has 0 amide bonds. The molecule has 26 heavy (non-hydrogen) atoms. The van der Waals surface area contributed by atoms with E-state index in [1.165, 1.54) is 18.2 Å². The molecule has 0 aliphatic rings.